The molecule has 0 radical (unpaired) electrons. The Bertz CT molecular complexity index is 1280. The number of H-pyrrole nitrogens is 1. The molecule has 1 fully saturated rings. The summed E-state index contributed by atoms with van der Waals surface area (Å²) in [6.45, 7) is 0.916. The molecule has 0 saturated carbocycles. The van der Waals surface area contributed by atoms with Crippen LogP contribution in [0.5, 0.6) is 5.75 Å². The van der Waals surface area contributed by atoms with Gasteiger partial charge >= 0.3 is 11.8 Å². The van der Waals surface area contributed by atoms with Crippen molar-refractivity contribution in [2.24, 2.45) is 0 Å². The predicted molar refractivity (Wildman–Crippen MR) is 125 cm³/mol. The highest BCUT2D eigenvalue weighted by Crippen LogP contribution is 2.28. The molecular weight excluding hydrogens is 473 g/mol. The Kier molecular flexibility index (Phi) is 6.77. The largest absolute Gasteiger partial charge is 0.502 e. The highest BCUT2D eigenvalue weighted by Gasteiger charge is 2.35. The van der Waals surface area contributed by atoms with Crippen molar-refractivity contribution in [1.29, 1.82) is 0 Å². The van der Waals surface area contributed by atoms with Crippen LogP contribution in [0.15, 0.2) is 29.1 Å². The van der Waals surface area contributed by atoms with Crippen molar-refractivity contribution in [3.63, 3.8) is 0 Å². The monoisotopic (exact) mass is 499 g/mol. The second-order valence-electron chi connectivity index (χ2n) is 8.92. The van der Waals surface area contributed by atoms with Crippen molar-refractivity contribution in [3.05, 3.63) is 62.8 Å². The maximum Gasteiger partial charge on any atom is 0.312 e. The second-order valence-corrected chi connectivity index (χ2v) is 8.92. The maximum absolute atomic E-state index is 13.3. The van der Waals surface area contributed by atoms with Crippen LogP contribution in [0.4, 0.5) is 4.39 Å². The molecule has 0 spiro atoms. The van der Waals surface area contributed by atoms with E-state index in [9.17, 15) is 33.5 Å². The molecule has 1 saturated heterocycles. The lowest BCUT2D eigenvalue weighted by molar-refractivity contribution is -0.151. The van der Waals surface area contributed by atoms with E-state index in [0.717, 1.165) is 0 Å². The zero-order chi connectivity index (χ0) is 26.1. The molecule has 0 atom stereocenters. The smallest absolute Gasteiger partial charge is 0.312 e. The molecule has 4 amide bonds. The molecule has 0 bridgehead atoms. The van der Waals surface area contributed by atoms with Crippen LogP contribution in [-0.4, -0.2) is 100 Å². The van der Waals surface area contributed by atoms with Crippen LogP contribution >= 0.6 is 0 Å². The number of aromatic amines is 1. The molecule has 2 aliphatic rings. The summed E-state index contributed by atoms with van der Waals surface area (Å²) in [5, 5.41) is 10.4. The Labute approximate surface area is 205 Å². The number of aromatic nitrogens is 1. The molecule has 3 heterocycles. The summed E-state index contributed by atoms with van der Waals surface area (Å²) >= 11 is 0. The van der Waals surface area contributed by atoms with Gasteiger partial charge in [0.2, 0.25) is 0 Å². The van der Waals surface area contributed by atoms with Gasteiger partial charge in [-0.1, -0.05) is 12.1 Å². The van der Waals surface area contributed by atoms with Gasteiger partial charge in [-0.15, -0.1) is 0 Å². The average molecular weight is 499 g/mol. The first-order valence-electron chi connectivity index (χ1n) is 11.4. The minimum Gasteiger partial charge on any atom is -0.502 e. The van der Waals surface area contributed by atoms with E-state index in [-0.39, 0.29) is 62.5 Å². The standard InChI is InChI=1S/C24H26FN5O6/c1-27(2)23(35)24(36)29-11-9-28(10-12-29)22(34)18-16-7-8-30(13-14-3-5-15(25)6-4-14)21(33)17(16)19(31)20(32)26-18/h3-6,31H,7-13H2,1-2H3,(H,26,32). The van der Waals surface area contributed by atoms with E-state index in [0.29, 0.717) is 5.56 Å². The lowest BCUT2D eigenvalue weighted by Crippen LogP contribution is -2.54. The van der Waals surface area contributed by atoms with Crippen molar-refractivity contribution in [2.45, 2.75) is 13.0 Å². The number of carbonyl (C=O) groups is 4. The first-order chi connectivity index (χ1) is 17.1. The summed E-state index contributed by atoms with van der Waals surface area (Å²) < 4.78 is 13.2. The Morgan fingerprint density at radius 1 is 1.00 bits per heavy atom. The van der Waals surface area contributed by atoms with Crippen LogP contribution in [0.2, 0.25) is 0 Å². The number of piperazine rings is 1. The molecule has 12 heteroatoms. The molecule has 0 aliphatic carbocycles. The third-order valence-corrected chi connectivity index (χ3v) is 6.37. The normalized spacial score (nSPS) is 15.5. The summed E-state index contributed by atoms with van der Waals surface area (Å²) in [5.74, 6) is -3.61. The highest BCUT2D eigenvalue weighted by atomic mass is 19.1. The number of pyridine rings is 1. The summed E-state index contributed by atoms with van der Waals surface area (Å²) in [4.78, 5) is 70.9. The molecule has 11 nitrogen and oxygen atoms in total. The van der Waals surface area contributed by atoms with Crippen LogP contribution in [0.1, 0.15) is 32.0 Å². The van der Waals surface area contributed by atoms with E-state index in [2.05, 4.69) is 4.98 Å². The number of carbonyl (C=O) groups excluding carboxylic acids is 4. The number of hydrogen-bond donors (Lipinski definition) is 2. The highest BCUT2D eigenvalue weighted by molar-refractivity contribution is 6.34. The molecule has 4 rings (SSSR count). The van der Waals surface area contributed by atoms with Gasteiger partial charge in [0.1, 0.15) is 11.5 Å². The van der Waals surface area contributed by atoms with Crippen LogP contribution in [-0.2, 0) is 22.6 Å². The lowest BCUT2D eigenvalue weighted by atomic mass is 9.95. The maximum atomic E-state index is 13.3. The SMILES string of the molecule is CN(C)C(=O)C(=O)N1CCN(C(=O)c2[nH]c(=O)c(O)c3c2CCN(Cc2ccc(F)cc2)C3=O)CC1. The van der Waals surface area contributed by atoms with Crippen molar-refractivity contribution < 1.29 is 28.7 Å². The predicted octanol–water partition coefficient (Wildman–Crippen LogP) is -0.209. The molecule has 1 aromatic carbocycles. The number of fused-ring (bicyclic) bond motifs is 1. The van der Waals surface area contributed by atoms with Gasteiger partial charge in [0.25, 0.3) is 17.4 Å². The Morgan fingerprint density at radius 3 is 2.22 bits per heavy atom. The minimum absolute atomic E-state index is 0.0771. The lowest BCUT2D eigenvalue weighted by Gasteiger charge is -2.35. The number of likely N-dealkylation sites (N-methyl/N-ethyl adjacent to an activating group) is 1. The molecule has 2 aliphatic heterocycles. The Hall–Kier alpha value is -4.22. The van der Waals surface area contributed by atoms with Gasteiger partial charge < -0.3 is 29.7 Å². The molecule has 36 heavy (non-hydrogen) atoms. The number of amides is 4. The second kappa shape index (κ2) is 9.80. The van der Waals surface area contributed by atoms with E-state index in [1.54, 1.807) is 12.1 Å². The summed E-state index contributed by atoms with van der Waals surface area (Å²) in [6, 6.07) is 5.64. The van der Waals surface area contributed by atoms with E-state index < -0.39 is 40.8 Å². The quantitative estimate of drug-likeness (QED) is 0.562. The van der Waals surface area contributed by atoms with Gasteiger partial charge in [-0.05, 0) is 29.7 Å². The molecular formula is C24H26FN5O6. The number of hydrogen-bond acceptors (Lipinski definition) is 6. The van der Waals surface area contributed by atoms with Crippen LogP contribution in [0.3, 0.4) is 0 Å². The molecule has 190 valence electrons. The van der Waals surface area contributed by atoms with E-state index in [1.165, 1.54) is 45.8 Å². The van der Waals surface area contributed by atoms with Crippen molar-refractivity contribution in [3.8, 4) is 5.75 Å². The van der Waals surface area contributed by atoms with E-state index >= 15 is 0 Å². The Balaban J connectivity index is 1.54. The first-order valence-corrected chi connectivity index (χ1v) is 11.4. The number of nitrogens with zero attached hydrogens (tertiary/aromatic N) is 4. The van der Waals surface area contributed by atoms with Gasteiger partial charge in [-0.25, -0.2) is 4.39 Å². The molecule has 1 aromatic heterocycles. The van der Waals surface area contributed by atoms with Gasteiger partial charge in [0.05, 0.1) is 5.56 Å². The minimum atomic E-state index is -0.959. The zero-order valence-electron chi connectivity index (χ0n) is 19.9. The first kappa shape index (κ1) is 24.9. The zero-order valence-corrected chi connectivity index (χ0v) is 19.9. The van der Waals surface area contributed by atoms with Crippen LogP contribution in [0.25, 0.3) is 0 Å². The van der Waals surface area contributed by atoms with Crippen LogP contribution in [0, 0.1) is 5.82 Å². The topological polar surface area (TPSA) is 134 Å². The van der Waals surface area contributed by atoms with Crippen LogP contribution < -0.4 is 5.56 Å². The fourth-order valence-corrected chi connectivity index (χ4v) is 4.36. The molecule has 2 N–H and O–H groups in total. The number of nitrogens with one attached hydrogen (secondary N) is 1. The fraction of sp³-hybridized carbons (Fsp3) is 0.375. The number of halogens is 1. The Morgan fingerprint density at radius 2 is 1.61 bits per heavy atom. The summed E-state index contributed by atoms with van der Waals surface area (Å²) in [6.07, 6.45) is 0.212. The number of rotatable bonds is 3. The van der Waals surface area contributed by atoms with E-state index in [4.69, 9.17) is 0 Å². The average Bonchev–Trinajstić information content (AvgIpc) is 2.87. The van der Waals surface area contributed by atoms with Crippen molar-refractivity contribution >= 4 is 23.6 Å². The molecule has 0 unspecified atom stereocenters. The van der Waals surface area contributed by atoms with E-state index in [1.807, 2.05) is 0 Å². The van der Waals surface area contributed by atoms with Gasteiger partial charge in [-0.2, -0.15) is 0 Å². The number of aromatic hydroxyl groups is 1. The number of benzene rings is 1. The van der Waals surface area contributed by atoms with Crippen molar-refractivity contribution in [1.82, 2.24) is 24.6 Å². The summed E-state index contributed by atoms with van der Waals surface area (Å²) in [7, 11) is 2.96. The van der Waals surface area contributed by atoms with Gasteiger partial charge in [0.15, 0.2) is 5.75 Å². The van der Waals surface area contributed by atoms with Gasteiger partial charge in [-0.3, -0.25) is 24.0 Å². The third-order valence-electron chi connectivity index (χ3n) is 6.37. The van der Waals surface area contributed by atoms with Crippen molar-refractivity contribution in [2.75, 3.05) is 46.8 Å². The summed E-state index contributed by atoms with van der Waals surface area (Å²) in [5.41, 5.74) is -0.334. The third kappa shape index (κ3) is 4.66. The fourth-order valence-electron chi connectivity index (χ4n) is 4.36. The molecule has 2 aromatic rings. The van der Waals surface area contributed by atoms with Gasteiger partial charge in [0, 0.05) is 53.4 Å².